The van der Waals surface area contributed by atoms with Gasteiger partial charge in [-0.15, -0.1) is 0 Å². The average molecular weight is 394 g/mol. The number of aromatic nitrogens is 2. The van der Waals surface area contributed by atoms with E-state index in [1.54, 1.807) is 13.3 Å². The predicted molar refractivity (Wildman–Crippen MR) is 111 cm³/mol. The molecule has 1 amide bonds. The molecule has 1 fully saturated rings. The molecule has 0 aliphatic carbocycles. The molecule has 1 unspecified atom stereocenters. The molecule has 1 aromatic heterocycles. The molecule has 5 nitrogen and oxygen atoms in total. The van der Waals surface area contributed by atoms with Gasteiger partial charge in [-0.25, -0.2) is 4.98 Å². The van der Waals surface area contributed by atoms with Gasteiger partial charge < -0.3 is 9.64 Å². The molecule has 28 heavy (non-hydrogen) atoms. The normalized spacial score (nSPS) is 16.3. The Bertz CT molecular complexity index is 924. The first kappa shape index (κ1) is 18.6. The van der Waals surface area contributed by atoms with Crippen molar-refractivity contribution in [3.8, 4) is 11.4 Å². The van der Waals surface area contributed by atoms with Gasteiger partial charge in [-0.1, -0.05) is 42.1 Å². The average Bonchev–Trinajstić information content (AvgIpc) is 3.42. The molecule has 3 aromatic rings. The van der Waals surface area contributed by atoms with Crippen LogP contribution in [0.4, 0.5) is 0 Å². The maximum absolute atomic E-state index is 12.9. The van der Waals surface area contributed by atoms with E-state index in [1.807, 2.05) is 58.1 Å². The minimum absolute atomic E-state index is 0.167. The van der Waals surface area contributed by atoms with E-state index in [0.717, 1.165) is 36.0 Å². The van der Waals surface area contributed by atoms with Gasteiger partial charge in [0.25, 0.3) is 0 Å². The van der Waals surface area contributed by atoms with Crippen molar-refractivity contribution < 1.29 is 9.53 Å². The van der Waals surface area contributed by atoms with Gasteiger partial charge in [0, 0.05) is 24.6 Å². The first-order valence-electron chi connectivity index (χ1n) is 9.41. The fourth-order valence-corrected chi connectivity index (χ4v) is 4.49. The lowest BCUT2D eigenvalue weighted by Gasteiger charge is -2.25. The number of imidazole rings is 1. The van der Waals surface area contributed by atoms with E-state index in [0.29, 0.717) is 5.75 Å². The second-order valence-electron chi connectivity index (χ2n) is 6.72. The van der Waals surface area contributed by atoms with E-state index < -0.39 is 0 Å². The number of ether oxygens (including phenoxy) is 1. The zero-order chi connectivity index (χ0) is 19.3. The summed E-state index contributed by atoms with van der Waals surface area (Å²) in [4.78, 5) is 19.4. The Morgan fingerprint density at radius 1 is 1.18 bits per heavy atom. The Hall–Kier alpha value is -2.73. The fraction of sp³-hybridized carbons (Fsp3) is 0.273. The number of hydrogen-bond donors (Lipinski definition) is 0. The SMILES string of the molecule is COc1ccc(-n2ccnc2SCC(=O)N2CCCC2c2ccccc2)cc1. The summed E-state index contributed by atoms with van der Waals surface area (Å²) < 4.78 is 7.22. The van der Waals surface area contributed by atoms with Gasteiger partial charge in [0.05, 0.1) is 18.9 Å². The van der Waals surface area contributed by atoms with Crippen molar-refractivity contribution in [3.63, 3.8) is 0 Å². The number of methoxy groups -OCH3 is 1. The molecule has 1 aliphatic heterocycles. The Labute approximate surface area is 169 Å². The Morgan fingerprint density at radius 3 is 2.71 bits per heavy atom. The standard InChI is InChI=1S/C22H23N3O2S/c1-27-19-11-9-18(10-12-19)24-15-13-23-22(24)28-16-21(26)25-14-5-8-20(25)17-6-3-2-4-7-17/h2-4,6-7,9-13,15,20H,5,8,14,16H2,1H3. The smallest absolute Gasteiger partial charge is 0.233 e. The summed E-state index contributed by atoms with van der Waals surface area (Å²) in [5, 5.41) is 0.814. The summed E-state index contributed by atoms with van der Waals surface area (Å²) in [7, 11) is 1.65. The number of carbonyl (C=O) groups excluding carboxylic acids is 1. The number of benzene rings is 2. The molecular formula is C22H23N3O2S. The number of nitrogens with zero attached hydrogens (tertiary/aromatic N) is 3. The van der Waals surface area contributed by atoms with Crippen molar-refractivity contribution in [2.45, 2.75) is 24.0 Å². The van der Waals surface area contributed by atoms with Crippen LogP contribution < -0.4 is 4.74 Å². The third kappa shape index (κ3) is 3.92. The largest absolute Gasteiger partial charge is 0.497 e. The van der Waals surface area contributed by atoms with Crippen LogP contribution in [0.3, 0.4) is 0 Å². The minimum Gasteiger partial charge on any atom is -0.497 e. The van der Waals surface area contributed by atoms with Crippen molar-refractivity contribution in [3.05, 3.63) is 72.6 Å². The van der Waals surface area contributed by atoms with E-state index in [-0.39, 0.29) is 11.9 Å². The number of carbonyl (C=O) groups is 1. The van der Waals surface area contributed by atoms with Crippen LogP contribution in [0.1, 0.15) is 24.4 Å². The van der Waals surface area contributed by atoms with Crippen LogP contribution in [0.15, 0.2) is 72.1 Å². The lowest BCUT2D eigenvalue weighted by atomic mass is 10.0. The van der Waals surface area contributed by atoms with Gasteiger partial charge in [-0.05, 0) is 42.7 Å². The Kier molecular flexibility index (Phi) is 5.67. The van der Waals surface area contributed by atoms with Crippen LogP contribution >= 0.6 is 11.8 Å². The molecule has 0 radical (unpaired) electrons. The number of rotatable bonds is 6. The van der Waals surface area contributed by atoms with Crippen LogP contribution in [-0.2, 0) is 4.79 Å². The van der Waals surface area contributed by atoms with Gasteiger partial charge >= 0.3 is 0 Å². The molecular weight excluding hydrogens is 370 g/mol. The fourth-order valence-electron chi connectivity index (χ4n) is 3.63. The second kappa shape index (κ2) is 8.52. The predicted octanol–water partition coefficient (Wildman–Crippen LogP) is 4.34. The van der Waals surface area contributed by atoms with E-state index in [4.69, 9.17) is 4.74 Å². The number of thioether (sulfide) groups is 1. The molecule has 1 atom stereocenters. The quantitative estimate of drug-likeness (QED) is 0.585. The monoisotopic (exact) mass is 393 g/mol. The Balaban J connectivity index is 1.43. The van der Waals surface area contributed by atoms with Crippen LogP contribution in [0.25, 0.3) is 5.69 Å². The van der Waals surface area contributed by atoms with E-state index in [2.05, 4.69) is 17.1 Å². The first-order valence-corrected chi connectivity index (χ1v) is 10.4. The highest BCUT2D eigenvalue weighted by molar-refractivity contribution is 7.99. The topological polar surface area (TPSA) is 47.4 Å². The molecule has 1 aliphatic rings. The Morgan fingerprint density at radius 2 is 1.96 bits per heavy atom. The summed E-state index contributed by atoms with van der Waals surface area (Å²) in [5.74, 6) is 1.37. The number of amides is 1. The summed E-state index contributed by atoms with van der Waals surface area (Å²) in [5.41, 5.74) is 2.22. The van der Waals surface area contributed by atoms with Crippen molar-refractivity contribution in [2.75, 3.05) is 19.4 Å². The molecule has 0 saturated carbocycles. The zero-order valence-electron chi connectivity index (χ0n) is 15.8. The van der Waals surface area contributed by atoms with Crippen LogP contribution in [0.5, 0.6) is 5.75 Å². The molecule has 144 valence electrons. The van der Waals surface area contributed by atoms with E-state index in [9.17, 15) is 4.79 Å². The summed E-state index contributed by atoms with van der Waals surface area (Å²) in [6, 6.07) is 18.3. The lowest BCUT2D eigenvalue weighted by molar-refractivity contribution is -0.129. The van der Waals surface area contributed by atoms with Crippen molar-refractivity contribution >= 4 is 17.7 Å². The number of likely N-dealkylation sites (tertiary alicyclic amines) is 1. The van der Waals surface area contributed by atoms with Crippen molar-refractivity contribution in [2.24, 2.45) is 0 Å². The summed E-state index contributed by atoms with van der Waals surface area (Å²) >= 11 is 1.48. The lowest BCUT2D eigenvalue weighted by Crippen LogP contribution is -2.32. The third-order valence-corrected chi connectivity index (χ3v) is 5.99. The van der Waals surface area contributed by atoms with E-state index >= 15 is 0 Å². The van der Waals surface area contributed by atoms with Crippen LogP contribution in [-0.4, -0.2) is 39.8 Å². The molecule has 1 saturated heterocycles. The molecule has 0 bridgehead atoms. The van der Waals surface area contributed by atoms with Gasteiger partial charge in [0.15, 0.2) is 5.16 Å². The molecule has 4 rings (SSSR count). The highest BCUT2D eigenvalue weighted by atomic mass is 32.2. The highest BCUT2D eigenvalue weighted by Gasteiger charge is 2.29. The second-order valence-corrected chi connectivity index (χ2v) is 7.66. The van der Waals surface area contributed by atoms with E-state index in [1.165, 1.54) is 17.3 Å². The van der Waals surface area contributed by atoms with Gasteiger partial charge in [-0.2, -0.15) is 0 Å². The van der Waals surface area contributed by atoms with Crippen molar-refractivity contribution in [1.82, 2.24) is 14.5 Å². The zero-order valence-corrected chi connectivity index (χ0v) is 16.6. The van der Waals surface area contributed by atoms with Crippen LogP contribution in [0.2, 0.25) is 0 Å². The van der Waals surface area contributed by atoms with Crippen LogP contribution in [0, 0.1) is 0 Å². The third-order valence-electron chi connectivity index (χ3n) is 5.04. The first-order chi connectivity index (χ1) is 13.8. The molecule has 6 heteroatoms. The maximum atomic E-state index is 12.9. The summed E-state index contributed by atoms with van der Waals surface area (Å²) in [6.07, 6.45) is 5.76. The summed E-state index contributed by atoms with van der Waals surface area (Å²) in [6.45, 7) is 0.825. The maximum Gasteiger partial charge on any atom is 0.233 e. The molecule has 0 spiro atoms. The minimum atomic E-state index is 0.167. The van der Waals surface area contributed by atoms with Crippen molar-refractivity contribution in [1.29, 1.82) is 0 Å². The van der Waals surface area contributed by atoms with Gasteiger partial charge in [0.2, 0.25) is 5.91 Å². The molecule has 2 aromatic carbocycles. The van der Waals surface area contributed by atoms with Gasteiger partial charge in [0.1, 0.15) is 5.75 Å². The molecule has 0 N–H and O–H groups in total. The number of hydrogen-bond acceptors (Lipinski definition) is 4. The highest BCUT2D eigenvalue weighted by Crippen LogP contribution is 2.33. The molecule has 2 heterocycles. The van der Waals surface area contributed by atoms with Gasteiger partial charge in [-0.3, -0.25) is 9.36 Å².